The van der Waals surface area contributed by atoms with Crippen LogP contribution in [0, 0.1) is 0 Å². The van der Waals surface area contributed by atoms with Crippen molar-refractivity contribution >= 4 is 17.6 Å². The van der Waals surface area contributed by atoms with Crippen LogP contribution in [0.1, 0.15) is 45.2 Å². The molecule has 3 aromatic rings. The van der Waals surface area contributed by atoms with Crippen LogP contribution in [0.2, 0.25) is 0 Å². The summed E-state index contributed by atoms with van der Waals surface area (Å²) in [5, 5.41) is 4.41. The molecule has 0 radical (unpaired) electrons. The van der Waals surface area contributed by atoms with Crippen LogP contribution in [-0.4, -0.2) is 44.3 Å². The van der Waals surface area contributed by atoms with Crippen LogP contribution in [0.4, 0.5) is 10.6 Å². The Balaban J connectivity index is 1.64. The largest absolute Gasteiger partial charge is 0.444 e. The highest BCUT2D eigenvalue weighted by Crippen LogP contribution is 2.31. The highest BCUT2D eigenvalue weighted by atomic mass is 16.6. The zero-order chi connectivity index (χ0) is 20.6. The molecular formula is C22H27N5O2. The van der Waals surface area contributed by atoms with Crippen LogP contribution in [0.5, 0.6) is 0 Å². The third kappa shape index (κ3) is 4.04. The molecule has 29 heavy (non-hydrogen) atoms. The zero-order valence-electron chi connectivity index (χ0n) is 17.1. The van der Waals surface area contributed by atoms with Gasteiger partial charge in [-0.15, -0.1) is 0 Å². The van der Waals surface area contributed by atoms with Crippen molar-refractivity contribution in [3.63, 3.8) is 0 Å². The number of hydrogen-bond donors (Lipinski definition) is 1. The first-order chi connectivity index (χ1) is 13.8. The molecular weight excluding hydrogens is 366 g/mol. The molecule has 0 saturated carbocycles. The molecule has 0 aliphatic carbocycles. The summed E-state index contributed by atoms with van der Waals surface area (Å²) >= 11 is 0. The van der Waals surface area contributed by atoms with E-state index >= 15 is 0 Å². The van der Waals surface area contributed by atoms with Gasteiger partial charge >= 0.3 is 6.09 Å². The molecule has 1 amide bonds. The van der Waals surface area contributed by atoms with Crippen LogP contribution in [-0.2, 0) is 4.74 Å². The number of hydrogen-bond acceptors (Lipinski definition) is 5. The van der Waals surface area contributed by atoms with Crippen molar-refractivity contribution in [1.82, 2.24) is 19.5 Å². The molecule has 152 valence electrons. The van der Waals surface area contributed by atoms with Gasteiger partial charge in [0.1, 0.15) is 11.4 Å². The number of fused-ring (bicyclic) bond motifs is 1. The number of carbonyl (C=O) groups is 1. The molecule has 7 nitrogen and oxygen atoms in total. The Morgan fingerprint density at radius 1 is 1.24 bits per heavy atom. The number of carbonyl (C=O) groups excluding carboxylic acids is 1. The lowest BCUT2D eigenvalue weighted by atomic mass is 9.94. The number of nitrogen functional groups attached to an aromatic ring is 1. The molecule has 1 unspecified atom stereocenters. The van der Waals surface area contributed by atoms with Crippen molar-refractivity contribution in [1.29, 1.82) is 0 Å². The number of ether oxygens (including phenoxy) is 1. The molecule has 0 bridgehead atoms. The maximum atomic E-state index is 12.5. The number of amides is 1. The summed E-state index contributed by atoms with van der Waals surface area (Å²) in [6.45, 7) is 6.92. The predicted molar refractivity (Wildman–Crippen MR) is 113 cm³/mol. The molecule has 1 atom stereocenters. The summed E-state index contributed by atoms with van der Waals surface area (Å²) < 4.78 is 7.21. The summed E-state index contributed by atoms with van der Waals surface area (Å²) in [6.07, 6.45) is 3.38. The van der Waals surface area contributed by atoms with E-state index in [2.05, 4.69) is 5.10 Å². The highest BCUT2D eigenvalue weighted by molar-refractivity contribution is 5.78. The standard InChI is InChI=1S/C22H27N5O2/c1-22(2,3)29-21(28)26-11-7-10-16(14-26)18-12-19(23)27-20(25-18)17(13-24-27)15-8-5-4-6-9-15/h4-6,8-9,12-13,16H,7,10-11,14,23H2,1-3H3. The molecule has 1 aliphatic heterocycles. The van der Waals surface area contributed by atoms with E-state index in [0.29, 0.717) is 18.9 Å². The van der Waals surface area contributed by atoms with Crippen LogP contribution in [0.25, 0.3) is 16.8 Å². The molecule has 2 N–H and O–H groups in total. The molecule has 2 aromatic heterocycles. The SMILES string of the molecule is CC(C)(C)OC(=O)N1CCCC(c2cc(N)n3ncc(-c4ccccc4)c3n2)C1. The van der Waals surface area contributed by atoms with Gasteiger partial charge in [-0.05, 0) is 39.2 Å². The summed E-state index contributed by atoms with van der Waals surface area (Å²) in [5.74, 6) is 0.656. The number of piperidine rings is 1. The summed E-state index contributed by atoms with van der Waals surface area (Å²) in [5.41, 5.74) is 9.40. The van der Waals surface area contributed by atoms with Crippen LogP contribution < -0.4 is 5.73 Å². The predicted octanol–water partition coefficient (Wildman–Crippen LogP) is 4.09. The fraction of sp³-hybridized carbons (Fsp3) is 0.409. The smallest absolute Gasteiger partial charge is 0.410 e. The van der Waals surface area contributed by atoms with E-state index in [1.165, 1.54) is 0 Å². The summed E-state index contributed by atoms with van der Waals surface area (Å²) in [7, 11) is 0. The van der Waals surface area contributed by atoms with Gasteiger partial charge < -0.3 is 15.4 Å². The normalized spacial score (nSPS) is 17.5. The number of benzene rings is 1. The van der Waals surface area contributed by atoms with E-state index in [1.54, 1.807) is 15.6 Å². The van der Waals surface area contributed by atoms with E-state index in [1.807, 2.05) is 57.2 Å². The molecule has 0 spiro atoms. The van der Waals surface area contributed by atoms with Gasteiger partial charge in [-0.2, -0.15) is 9.61 Å². The Morgan fingerprint density at radius 2 is 2.00 bits per heavy atom. The van der Waals surface area contributed by atoms with E-state index in [9.17, 15) is 4.79 Å². The van der Waals surface area contributed by atoms with Gasteiger partial charge in [-0.3, -0.25) is 0 Å². The van der Waals surface area contributed by atoms with Gasteiger partial charge in [0.15, 0.2) is 5.65 Å². The van der Waals surface area contributed by atoms with Crippen LogP contribution in [0.3, 0.4) is 0 Å². The Labute approximate surface area is 170 Å². The minimum absolute atomic E-state index is 0.113. The second-order valence-electron chi connectivity index (χ2n) is 8.53. The van der Waals surface area contributed by atoms with Gasteiger partial charge in [0.25, 0.3) is 0 Å². The third-order valence-corrected chi connectivity index (χ3v) is 5.10. The molecule has 4 rings (SSSR count). The lowest BCUT2D eigenvalue weighted by molar-refractivity contribution is 0.0197. The highest BCUT2D eigenvalue weighted by Gasteiger charge is 2.29. The van der Waals surface area contributed by atoms with Crippen molar-refractivity contribution < 1.29 is 9.53 Å². The van der Waals surface area contributed by atoms with Crippen molar-refractivity contribution in [2.24, 2.45) is 0 Å². The first-order valence-electron chi connectivity index (χ1n) is 9.99. The van der Waals surface area contributed by atoms with Crippen molar-refractivity contribution in [2.45, 2.75) is 45.1 Å². The molecule has 7 heteroatoms. The summed E-state index contributed by atoms with van der Waals surface area (Å²) in [4.78, 5) is 19.2. The molecule has 1 aliphatic rings. The topological polar surface area (TPSA) is 85.8 Å². The average molecular weight is 393 g/mol. The zero-order valence-corrected chi connectivity index (χ0v) is 17.1. The first-order valence-corrected chi connectivity index (χ1v) is 9.99. The minimum atomic E-state index is -0.506. The first kappa shape index (κ1) is 19.2. The maximum absolute atomic E-state index is 12.5. The van der Waals surface area contributed by atoms with Gasteiger partial charge in [-0.25, -0.2) is 9.78 Å². The Kier molecular flexibility index (Phi) is 4.90. The number of nitrogens with two attached hydrogens (primary N) is 1. The monoisotopic (exact) mass is 393 g/mol. The second-order valence-corrected chi connectivity index (χ2v) is 8.53. The van der Waals surface area contributed by atoms with E-state index in [4.69, 9.17) is 15.5 Å². The Morgan fingerprint density at radius 3 is 2.72 bits per heavy atom. The third-order valence-electron chi connectivity index (χ3n) is 5.10. The maximum Gasteiger partial charge on any atom is 0.410 e. The number of likely N-dealkylation sites (tertiary alicyclic amines) is 1. The Hall–Kier alpha value is -3.09. The molecule has 1 saturated heterocycles. The Bertz CT molecular complexity index is 1020. The lowest BCUT2D eigenvalue weighted by Crippen LogP contribution is -2.42. The summed E-state index contributed by atoms with van der Waals surface area (Å²) in [6, 6.07) is 11.9. The van der Waals surface area contributed by atoms with Crippen LogP contribution in [0.15, 0.2) is 42.6 Å². The van der Waals surface area contributed by atoms with Gasteiger partial charge in [-0.1, -0.05) is 30.3 Å². The minimum Gasteiger partial charge on any atom is -0.444 e. The van der Waals surface area contributed by atoms with Crippen molar-refractivity contribution in [3.8, 4) is 11.1 Å². The number of rotatable bonds is 2. The molecule has 3 heterocycles. The molecule has 1 fully saturated rings. The van der Waals surface area contributed by atoms with E-state index < -0.39 is 5.60 Å². The second kappa shape index (κ2) is 7.39. The fourth-order valence-corrected chi connectivity index (χ4v) is 3.75. The molecule has 1 aromatic carbocycles. The average Bonchev–Trinajstić information content (AvgIpc) is 3.12. The quantitative estimate of drug-likeness (QED) is 0.709. The van der Waals surface area contributed by atoms with E-state index in [0.717, 1.165) is 35.3 Å². The fourth-order valence-electron chi connectivity index (χ4n) is 3.75. The van der Waals surface area contributed by atoms with E-state index in [-0.39, 0.29) is 12.0 Å². The number of nitrogens with zero attached hydrogens (tertiary/aromatic N) is 4. The number of aromatic nitrogens is 3. The van der Waals surface area contributed by atoms with Gasteiger partial charge in [0.05, 0.1) is 11.9 Å². The van der Waals surface area contributed by atoms with Crippen molar-refractivity contribution in [3.05, 3.63) is 48.3 Å². The van der Waals surface area contributed by atoms with Gasteiger partial charge in [0, 0.05) is 30.6 Å². The van der Waals surface area contributed by atoms with Gasteiger partial charge in [0.2, 0.25) is 0 Å². The van der Waals surface area contributed by atoms with Crippen LogP contribution >= 0.6 is 0 Å². The number of anilines is 1. The lowest BCUT2D eigenvalue weighted by Gasteiger charge is -2.34. The van der Waals surface area contributed by atoms with Crippen molar-refractivity contribution in [2.75, 3.05) is 18.8 Å².